The lowest BCUT2D eigenvalue weighted by atomic mass is 10.3. The van der Waals surface area contributed by atoms with Gasteiger partial charge in [-0.15, -0.1) is 0 Å². The monoisotopic (exact) mass is 228 g/mol. The van der Waals surface area contributed by atoms with E-state index in [1.807, 2.05) is 0 Å². The lowest BCUT2D eigenvalue weighted by Crippen LogP contribution is -2.23. The molecule has 15 heavy (non-hydrogen) atoms. The number of nitrogens with two attached hydrogens (primary N) is 1. The number of hydrogen-bond acceptors (Lipinski definition) is 6. The number of nitrogens with one attached hydrogen (secondary N) is 1. The van der Waals surface area contributed by atoms with Crippen LogP contribution in [0.3, 0.4) is 0 Å². The Kier molecular flexibility index (Phi) is 2.97. The molecule has 0 spiro atoms. The van der Waals surface area contributed by atoms with Crippen molar-refractivity contribution in [3.63, 3.8) is 0 Å². The molecule has 3 N–H and O–H groups in total. The Bertz CT molecular complexity index is 341. The summed E-state index contributed by atoms with van der Waals surface area (Å²) in [5.74, 6) is 1.14. The van der Waals surface area contributed by atoms with Crippen molar-refractivity contribution in [2.24, 2.45) is 0 Å². The Morgan fingerprint density at radius 2 is 2.47 bits per heavy atom. The summed E-state index contributed by atoms with van der Waals surface area (Å²) in [6.07, 6.45) is 1.15. The Morgan fingerprint density at radius 1 is 1.67 bits per heavy atom. The lowest BCUT2D eigenvalue weighted by Gasteiger charge is -2.13. The topological polar surface area (TPSA) is 63.4 Å². The molecule has 1 saturated heterocycles. The predicted octanol–water partition coefficient (Wildman–Crippen LogP) is 0.850. The van der Waals surface area contributed by atoms with Crippen LogP contribution in [0.5, 0.6) is 5.75 Å². The van der Waals surface area contributed by atoms with Gasteiger partial charge >= 0.3 is 0 Å². The van der Waals surface area contributed by atoms with Gasteiger partial charge in [0, 0.05) is 12.6 Å². The number of hydrogen-bond donors (Lipinski definition) is 2. The predicted molar refractivity (Wildman–Crippen MR) is 62.6 cm³/mol. The summed E-state index contributed by atoms with van der Waals surface area (Å²) in [7, 11) is 3.74. The Labute approximate surface area is 93.4 Å². The van der Waals surface area contributed by atoms with E-state index in [0.29, 0.717) is 17.6 Å². The molecule has 0 aromatic carbocycles. The van der Waals surface area contributed by atoms with E-state index in [4.69, 9.17) is 10.5 Å². The van der Waals surface area contributed by atoms with Crippen LogP contribution in [0.2, 0.25) is 0 Å². The van der Waals surface area contributed by atoms with E-state index in [1.54, 1.807) is 7.11 Å². The molecule has 6 heteroatoms. The third kappa shape index (κ3) is 2.15. The van der Waals surface area contributed by atoms with Gasteiger partial charge in [0.05, 0.1) is 7.11 Å². The summed E-state index contributed by atoms with van der Waals surface area (Å²) in [6.45, 7) is 2.19. The van der Waals surface area contributed by atoms with E-state index < -0.39 is 0 Å². The first-order valence-corrected chi connectivity index (χ1v) is 5.72. The number of nitrogens with zero attached hydrogens (tertiary/aromatic N) is 2. The minimum Gasteiger partial charge on any atom is -0.490 e. The van der Waals surface area contributed by atoms with Gasteiger partial charge in [-0.25, -0.2) is 0 Å². The molecule has 0 bridgehead atoms. The van der Waals surface area contributed by atoms with Crippen LogP contribution in [0.4, 0.5) is 10.8 Å². The first-order chi connectivity index (χ1) is 7.20. The maximum Gasteiger partial charge on any atom is 0.197 e. The first kappa shape index (κ1) is 10.5. The molecule has 1 unspecified atom stereocenters. The number of methoxy groups -OCH3 is 1. The molecule has 0 saturated carbocycles. The zero-order chi connectivity index (χ0) is 10.8. The average molecular weight is 228 g/mol. The van der Waals surface area contributed by atoms with Crippen molar-refractivity contribution >= 4 is 22.4 Å². The molecular weight excluding hydrogens is 212 g/mol. The van der Waals surface area contributed by atoms with E-state index in [9.17, 15) is 0 Å². The Hall–Kier alpha value is -1.01. The molecule has 1 aliphatic rings. The summed E-state index contributed by atoms with van der Waals surface area (Å²) in [6, 6.07) is 0.476. The molecule has 1 aromatic heterocycles. The third-order valence-electron chi connectivity index (χ3n) is 2.60. The quantitative estimate of drug-likeness (QED) is 0.803. The number of anilines is 2. The number of aromatic nitrogens is 1. The van der Waals surface area contributed by atoms with Crippen molar-refractivity contribution < 1.29 is 4.74 Å². The van der Waals surface area contributed by atoms with Gasteiger partial charge in [0.25, 0.3) is 0 Å². The number of likely N-dealkylation sites (N-methyl/N-ethyl adjacent to an activating group) is 1. The molecule has 0 aliphatic carbocycles. The summed E-state index contributed by atoms with van der Waals surface area (Å²) in [4.78, 5) is 2.30. The van der Waals surface area contributed by atoms with Crippen LogP contribution in [0.1, 0.15) is 6.42 Å². The van der Waals surface area contributed by atoms with Crippen LogP contribution in [-0.2, 0) is 0 Å². The zero-order valence-electron chi connectivity index (χ0n) is 8.99. The zero-order valence-corrected chi connectivity index (χ0v) is 9.80. The number of rotatable bonds is 3. The molecule has 2 heterocycles. The highest BCUT2D eigenvalue weighted by atomic mass is 32.1. The minimum atomic E-state index is 0.469. The molecule has 84 valence electrons. The van der Waals surface area contributed by atoms with Gasteiger partial charge in [-0.3, -0.25) is 0 Å². The highest BCUT2D eigenvalue weighted by molar-refractivity contribution is 7.11. The molecule has 5 nitrogen and oxygen atoms in total. The van der Waals surface area contributed by atoms with Crippen LogP contribution in [0.25, 0.3) is 0 Å². The highest BCUT2D eigenvalue weighted by Crippen LogP contribution is 2.35. The van der Waals surface area contributed by atoms with Gasteiger partial charge in [0.2, 0.25) is 0 Å². The van der Waals surface area contributed by atoms with Crippen LogP contribution >= 0.6 is 11.5 Å². The van der Waals surface area contributed by atoms with E-state index in [-0.39, 0.29) is 0 Å². The van der Waals surface area contributed by atoms with Crippen molar-refractivity contribution in [1.29, 1.82) is 0 Å². The smallest absolute Gasteiger partial charge is 0.197 e. The van der Waals surface area contributed by atoms with Crippen molar-refractivity contribution in [3.8, 4) is 5.75 Å². The largest absolute Gasteiger partial charge is 0.490 e. The Balaban J connectivity index is 2.04. The van der Waals surface area contributed by atoms with Crippen LogP contribution < -0.4 is 15.8 Å². The van der Waals surface area contributed by atoms with Gasteiger partial charge in [-0.05, 0) is 31.5 Å². The fourth-order valence-electron chi connectivity index (χ4n) is 1.82. The van der Waals surface area contributed by atoms with Crippen molar-refractivity contribution in [2.45, 2.75) is 12.5 Å². The molecule has 1 fully saturated rings. The third-order valence-corrected chi connectivity index (χ3v) is 3.38. The van der Waals surface area contributed by atoms with Gasteiger partial charge in [0.1, 0.15) is 0 Å². The van der Waals surface area contributed by atoms with Crippen LogP contribution in [0.15, 0.2) is 0 Å². The number of ether oxygens (including phenoxy) is 1. The Morgan fingerprint density at radius 3 is 3.07 bits per heavy atom. The second-order valence-corrected chi connectivity index (χ2v) is 4.60. The van der Waals surface area contributed by atoms with E-state index in [0.717, 1.165) is 24.5 Å². The normalized spacial score (nSPS) is 21.9. The van der Waals surface area contributed by atoms with Crippen LogP contribution in [-0.4, -0.2) is 42.6 Å². The molecule has 1 aromatic rings. The minimum absolute atomic E-state index is 0.469. The van der Waals surface area contributed by atoms with Gasteiger partial charge in [-0.1, -0.05) is 0 Å². The highest BCUT2D eigenvalue weighted by Gasteiger charge is 2.22. The molecule has 1 atom stereocenters. The van der Waals surface area contributed by atoms with Gasteiger partial charge < -0.3 is 20.7 Å². The van der Waals surface area contributed by atoms with Crippen molar-refractivity contribution in [2.75, 3.05) is 38.3 Å². The van der Waals surface area contributed by atoms with E-state index in [1.165, 1.54) is 11.5 Å². The second kappa shape index (κ2) is 4.24. The maximum atomic E-state index is 5.68. The molecule has 0 amide bonds. The first-order valence-electron chi connectivity index (χ1n) is 4.95. The summed E-state index contributed by atoms with van der Waals surface area (Å²) >= 11 is 1.36. The SMILES string of the molecule is COc1c(N)nsc1NC1CCN(C)C1. The fourth-order valence-corrected chi connectivity index (χ4v) is 2.58. The molecule has 2 rings (SSSR count). The van der Waals surface area contributed by atoms with Gasteiger partial charge in [0.15, 0.2) is 16.6 Å². The van der Waals surface area contributed by atoms with Crippen LogP contribution in [0, 0.1) is 0 Å². The summed E-state index contributed by atoms with van der Waals surface area (Å²) < 4.78 is 9.27. The fraction of sp³-hybridized carbons (Fsp3) is 0.667. The molecule has 0 radical (unpaired) electrons. The average Bonchev–Trinajstić information content (AvgIpc) is 2.75. The second-order valence-electron chi connectivity index (χ2n) is 3.82. The van der Waals surface area contributed by atoms with E-state index in [2.05, 4.69) is 21.6 Å². The maximum absolute atomic E-state index is 5.68. The number of likely N-dealkylation sites (tertiary alicyclic amines) is 1. The lowest BCUT2D eigenvalue weighted by molar-refractivity contribution is 0.411. The molecular formula is C9H16N4OS. The standard InChI is InChI=1S/C9H16N4OS/c1-13-4-3-6(5-13)11-9-7(14-2)8(10)12-15-9/h6,11H,3-5H2,1-2H3,(H2,10,12). The number of nitrogen functional groups attached to an aromatic ring is 1. The molecule has 1 aliphatic heterocycles. The summed E-state index contributed by atoms with van der Waals surface area (Å²) in [5, 5.41) is 4.36. The van der Waals surface area contributed by atoms with Crippen molar-refractivity contribution in [3.05, 3.63) is 0 Å². The van der Waals surface area contributed by atoms with Gasteiger partial charge in [-0.2, -0.15) is 4.37 Å². The summed E-state index contributed by atoms with van der Waals surface area (Å²) in [5.41, 5.74) is 5.68. The van der Waals surface area contributed by atoms with Crippen molar-refractivity contribution in [1.82, 2.24) is 9.27 Å². The van der Waals surface area contributed by atoms with E-state index >= 15 is 0 Å².